The van der Waals surface area contributed by atoms with Crippen LogP contribution in [0.5, 0.6) is 0 Å². The Morgan fingerprint density at radius 1 is 1.04 bits per heavy atom. The van der Waals surface area contributed by atoms with Crippen molar-refractivity contribution in [1.29, 1.82) is 0 Å². The zero-order valence-electron chi connectivity index (χ0n) is 12.3. The Balaban J connectivity index is 1.60. The minimum Gasteiger partial charge on any atom is -0.297 e. The molecule has 0 aliphatic heterocycles. The topological polar surface area (TPSA) is 42.0 Å². The number of nitrogens with one attached hydrogen (secondary N) is 1. The van der Waals surface area contributed by atoms with Gasteiger partial charge in [0.25, 0.3) is 5.91 Å². The van der Waals surface area contributed by atoms with E-state index in [2.05, 4.69) is 10.3 Å². The van der Waals surface area contributed by atoms with Crippen molar-refractivity contribution in [2.75, 3.05) is 5.32 Å². The van der Waals surface area contributed by atoms with E-state index >= 15 is 0 Å². The van der Waals surface area contributed by atoms with Crippen LogP contribution in [0.1, 0.15) is 9.67 Å². The molecular formula is C18H11ClN2OS2. The van der Waals surface area contributed by atoms with Crippen LogP contribution in [0.15, 0.2) is 60.0 Å². The highest BCUT2D eigenvalue weighted by molar-refractivity contribution is 7.21. The van der Waals surface area contributed by atoms with Gasteiger partial charge in [-0.3, -0.25) is 10.1 Å². The quantitative estimate of drug-likeness (QED) is 0.485. The summed E-state index contributed by atoms with van der Waals surface area (Å²) in [5.41, 5.74) is 1.87. The van der Waals surface area contributed by atoms with Crippen LogP contribution < -0.4 is 5.32 Å². The molecule has 118 valence electrons. The number of carbonyl (C=O) groups is 1. The lowest BCUT2D eigenvalue weighted by Crippen LogP contribution is -2.10. The standard InChI is InChI=1S/C18H11ClN2OS2/c19-15-12-8-4-5-9-14(12)24-16(15)17(22)21-18-20-13(10-23-18)11-6-2-1-3-7-11/h1-10H,(H,20,21,22). The van der Waals surface area contributed by atoms with Crippen LogP contribution in [0.2, 0.25) is 5.02 Å². The lowest BCUT2D eigenvalue weighted by atomic mass is 10.2. The number of aromatic nitrogens is 1. The summed E-state index contributed by atoms with van der Waals surface area (Å²) in [5, 5.41) is 6.73. The summed E-state index contributed by atoms with van der Waals surface area (Å²) in [6.07, 6.45) is 0. The monoisotopic (exact) mass is 370 g/mol. The Kier molecular flexibility index (Phi) is 4.06. The first-order valence-corrected chi connectivity index (χ1v) is 9.29. The smallest absolute Gasteiger partial charge is 0.269 e. The molecule has 0 saturated carbocycles. The van der Waals surface area contributed by atoms with E-state index < -0.39 is 0 Å². The van der Waals surface area contributed by atoms with Gasteiger partial charge in [-0.1, -0.05) is 60.1 Å². The molecule has 0 aliphatic rings. The molecule has 0 bridgehead atoms. The molecule has 4 aromatic rings. The van der Waals surface area contributed by atoms with E-state index in [1.165, 1.54) is 22.7 Å². The maximum absolute atomic E-state index is 12.5. The second kappa shape index (κ2) is 6.36. The molecule has 1 N–H and O–H groups in total. The Morgan fingerprint density at radius 2 is 1.79 bits per heavy atom. The van der Waals surface area contributed by atoms with Gasteiger partial charge in [0.05, 0.1) is 10.7 Å². The average Bonchev–Trinajstić information content (AvgIpc) is 3.21. The number of rotatable bonds is 3. The maximum atomic E-state index is 12.5. The van der Waals surface area contributed by atoms with Gasteiger partial charge < -0.3 is 0 Å². The first-order chi connectivity index (χ1) is 11.7. The number of amides is 1. The third-order valence-electron chi connectivity index (χ3n) is 3.54. The third kappa shape index (κ3) is 2.82. The second-order valence-electron chi connectivity index (χ2n) is 5.10. The number of thiazole rings is 1. The molecule has 2 aromatic heterocycles. The first kappa shape index (κ1) is 15.3. The molecule has 0 aliphatic carbocycles. The van der Waals surface area contributed by atoms with Gasteiger partial charge in [0.2, 0.25) is 0 Å². The van der Waals surface area contributed by atoms with Crippen LogP contribution >= 0.6 is 34.3 Å². The van der Waals surface area contributed by atoms with Gasteiger partial charge in [-0.25, -0.2) is 4.98 Å². The van der Waals surface area contributed by atoms with Gasteiger partial charge in [-0.05, 0) is 6.07 Å². The number of halogens is 1. The fraction of sp³-hybridized carbons (Fsp3) is 0. The van der Waals surface area contributed by atoms with Gasteiger partial charge in [0, 0.05) is 21.0 Å². The van der Waals surface area contributed by atoms with Crippen molar-refractivity contribution in [3.63, 3.8) is 0 Å². The van der Waals surface area contributed by atoms with E-state index in [-0.39, 0.29) is 5.91 Å². The molecule has 0 spiro atoms. The van der Waals surface area contributed by atoms with E-state index in [1.54, 1.807) is 0 Å². The van der Waals surface area contributed by atoms with Crippen LogP contribution in [-0.4, -0.2) is 10.9 Å². The summed E-state index contributed by atoms with van der Waals surface area (Å²) < 4.78 is 0.997. The van der Waals surface area contributed by atoms with E-state index in [0.717, 1.165) is 21.3 Å². The SMILES string of the molecule is O=C(Nc1nc(-c2ccccc2)cs1)c1sc2ccccc2c1Cl. The van der Waals surface area contributed by atoms with Crippen molar-refractivity contribution in [2.24, 2.45) is 0 Å². The predicted molar refractivity (Wildman–Crippen MR) is 102 cm³/mol. The predicted octanol–water partition coefficient (Wildman–Crippen LogP) is 5.93. The molecule has 2 aromatic carbocycles. The van der Waals surface area contributed by atoms with Crippen molar-refractivity contribution >= 4 is 55.4 Å². The second-order valence-corrected chi connectivity index (χ2v) is 7.39. The average molecular weight is 371 g/mol. The number of anilines is 1. The van der Waals surface area contributed by atoms with E-state index in [1.807, 2.05) is 60.0 Å². The Morgan fingerprint density at radius 3 is 2.58 bits per heavy atom. The summed E-state index contributed by atoms with van der Waals surface area (Å²) >= 11 is 9.14. The van der Waals surface area contributed by atoms with Crippen molar-refractivity contribution in [3.8, 4) is 11.3 Å². The van der Waals surface area contributed by atoms with Crippen LogP contribution in [0.3, 0.4) is 0 Å². The van der Waals surface area contributed by atoms with Crippen molar-refractivity contribution in [1.82, 2.24) is 4.98 Å². The molecule has 6 heteroatoms. The number of fused-ring (bicyclic) bond motifs is 1. The minimum absolute atomic E-state index is 0.227. The molecule has 0 saturated heterocycles. The highest BCUT2D eigenvalue weighted by Gasteiger charge is 2.18. The van der Waals surface area contributed by atoms with Gasteiger partial charge in [-0.15, -0.1) is 22.7 Å². The zero-order valence-corrected chi connectivity index (χ0v) is 14.7. The van der Waals surface area contributed by atoms with Gasteiger partial charge in [0.15, 0.2) is 5.13 Å². The summed E-state index contributed by atoms with van der Waals surface area (Å²) in [4.78, 5) is 17.5. The number of hydrogen-bond donors (Lipinski definition) is 1. The molecule has 0 unspecified atom stereocenters. The molecule has 1 amide bonds. The Labute approximate surface area is 151 Å². The van der Waals surface area contributed by atoms with Gasteiger partial charge in [0.1, 0.15) is 4.88 Å². The van der Waals surface area contributed by atoms with Crippen molar-refractivity contribution in [2.45, 2.75) is 0 Å². The first-order valence-electron chi connectivity index (χ1n) is 7.22. The summed E-state index contributed by atoms with van der Waals surface area (Å²) in [7, 11) is 0. The highest BCUT2D eigenvalue weighted by Crippen LogP contribution is 2.35. The summed E-state index contributed by atoms with van der Waals surface area (Å²) in [5.74, 6) is -0.227. The van der Waals surface area contributed by atoms with E-state index in [4.69, 9.17) is 11.6 Å². The molecule has 0 fully saturated rings. The van der Waals surface area contributed by atoms with E-state index in [0.29, 0.717) is 15.0 Å². The van der Waals surface area contributed by atoms with Gasteiger partial charge >= 0.3 is 0 Å². The van der Waals surface area contributed by atoms with Crippen LogP contribution in [0, 0.1) is 0 Å². The Bertz CT molecular complexity index is 1020. The third-order valence-corrected chi connectivity index (χ3v) is 5.97. The molecule has 24 heavy (non-hydrogen) atoms. The largest absolute Gasteiger partial charge is 0.297 e. The van der Waals surface area contributed by atoms with Crippen LogP contribution in [0.4, 0.5) is 5.13 Å². The maximum Gasteiger partial charge on any atom is 0.269 e. The molecule has 3 nitrogen and oxygen atoms in total. The van der Waals surface area contributed by atoms with Crippen LogP contribution in [-0.2, 0) is 0 Å². The molecule has 0 radical (unpaired) electrons. The molecular weight excluding hydrogens is 360 g/mol. The molecule has 4 rings (SSSR count). The van der Waals surface area contributed by atoms with Crippen molar-refractivity contribution in [3.05, 3.63) is 69.9 Å². The number of nitrogens with zero attached hydrogens (tertiary/aromatic N) is 1. The van der Waals surface area contributed by atoms with Crippen molar-refractivity contribution < 1.29 is 4.79 Å². The van der Waals surface area contributed by atoms with E-state index in [9.17, 15) is 4.79 Å². The zero-order chi connectivity index (χ0) is 16.5. The fourth-order valence-corrected chi connectivity index (χ4v) is 4.51. The number of benzene rings is 2. The number of carbonyl (C=O) groups excluding carboxylic acids is 1. The molecule has 0 atom stereocenters. The fourth-order valence-electron chi connectivity index (χ4n) is 2.39. The summed E-state index contributed by atoms with van der Waals surface area (Å²) in [6, 6.07) is 17.6. The molecule has 2 heterocycles. The normalized spacial score (nSPS) is 10.9. The number of hydrogen-bond acceptors (Lipinski definition) is 4. The minimum atomic E-state index is -0.227. The number of thiophene rings is 1. The lowest BCUT2D eigenvalue weighted by molar-refractivity contribution is 0.103. The Hall–Kier alpha value is -2.21. The lowest BCUT2D eigenvalue weighted by Gasteiger charge is -1.99. The highest BCUT2D eigenvalue weighted by atomic mass is 35.5. The van der Waals surface area contributed by atoms with Crippen LogP contribution in [0.25, 0.3) is 21.3 Å². The van der Waals surface area contributed by atoms with Gasteiger partial charge in [-0.2, -0.15) is 0 Å². The summed E-state index contributed by atoms with van der Waals surface area (Å²) in [6.45, 7) is 0.